The Morgan fingerprint density at radius 2 is 1.86 bits per heavy atom. The SMILES string of the molecule is CCNC(CC)ON=C(C)C=C1C(=O)N(c2ccccc2C)C1c1ccccc1. The fourth-order valence-corrected chi connectivity index (χ4v) is 3.52. The normalized spacial score (nSPS) is 19.2. The van der Waals surface area contributed by atoms with E-state index in [9.17, 15) is 4.79 Å². The van der Waals surface area contributed by atoms with Gasteiger partial charge in [-0.15, -0.1) is 0 Å². The lowest BCUT2D eigenvalue weighted by Crippen LogP contribution is -2.49. The minimum atomic E-state index is -0.134. The molecule has 0 saturated carbocycles. The highest BCUT2D eigenvalue weighted by atomic mass is 16.6. The second kappa shape index (κ2) is 9.52. The van der Waals surface area contributed by atoms with Gasteiger partial charge in [-0.3, -0.25) is 15.0 Å². The molecule has 0 aliphatic carbocycles. The van der Waals surface area contributed by atoms with Crippen LogP contribution in [0.25, 0.3) is 0 Å². The van der Waals surface area contributed by atoms with Gasteiger partial charge in [0.1, 0.15) is 0 Å². The van der Waals surface area contributed by atoms with Crippen molar-refractivity contribution in [1.82, 2.24) is 5.32 Å². The Kier molecular flexibility index (Phi) is 6.83. The molecule has 29 heavy (non-hydrogen) atoms. The summed E-state index contributed by atoms with van der Waals surface area (Å²) in [7, 11) is 0. The highest BCUT2D eigenvalue weighted by molar-refractivity contribution is 6.18. The van der Waals surface area contributed by atoms with Crippen LogP contribution in [0.5, 0.6) is 0 Å². The molecule has 152 valence electrons. The number of para-hydroxylation sites is 1. The Balaban J connectivity index is 1.90. The molecule has 2 aromatic rings. The summed E-state index contributed by atoms with van der Waals surface area (Å²) in [6.45, 7) is 8.77. The van der Waals surface area contributed by atoms with Gasteiger partial charge in [-0.05, 0) is 50.1 Å². The van der Waals surface area contributed by atoms with Gasteiger partial charge < -0.3 is 4.84 Å². The maximum atomic E-state index is 13.1. The number of hydrogen-bond donors (Lipinski definition) is 1. The second-order valence-corrected chi connectivity index (χ2v) is 7.17. The Hall–Kier alpha value is -2.92. The predicted molar refractivity (Wildman–Crippen MR) is 118 cm³/mol. The van der Waals surface area contributed by atoms with Crippen LogP contribution in [0.3, 0.4) is 0 Å². The molecule has 3 rings (SSSR count). The standard InChI is InChI=1S/C24H29N3O2/c1-5-22(25-6-2)29-26-18(4)16-20-23(19-13-8-7-9-14-19)27(24(20)28)21-15-11-10-12-17(21)3/h7-16,22-23,25H,5-6H2,1-4H3. The molecule has 0 radical (unpaired) electrons. The van der Waals surface area contributed by atoms with Crippen LogP contribution in [0.1, 0.15) is 44.4 Å². The second-order valence-electron chi connectivity index (χ2n) is 7.17. The Bertz CT molecular complexity index is 905. The predicted octanol–water partition coefficient (Wildman–Crippen LogP) is 4.75. The van der Waals surface area contributed by atoms with E-state index >= 15 is 0 Å². The Labute approximate surface area is 173 Å². The number of benzene rings is 2. The molecule has 1 saturated heterocycles. The number of nitrogens with one attached hydrogen (secondary N) is 1. The molecule has 1 amide bonds. The van der Waals surface area contributed by atoms with Gasteiger partial charge in [-0.25, -0.2) is 0 Å². The number of oxime groups is 1. The van der Waals surface area contributed by atoms with E-state index in [0.29, 0.717) is 5.71 Å². The van der Waals surface area contributed by atoms with Crippen LogP contribution in [0.4, 0.5) is 5.69 Å². The van der Waals surface area contributed by atoms with E-state index in [1.54, 1.807) is 0 Å². The molecule has 1 aliphatic heterocycles. The van der Waals surface area contributed by atoms with Crippen LogP contribution < -0.4 is 10.2 Å². The van der Waals surface area contributed by atoms with Crippen LogP contribution in [-0.4, -0.2) is 24.4 Å². The highest BCUT2D eigenvalue weighted by Gasteiger charge is 2.44. The van der Waals surface area contributed by atoms with Crippen molar-refractivity contribution in [3.63, 3.8) is 0 Å². The molecule has 0 aromatic heterocycles. The van der Waals surface area contributed by atoms with E-state index in [-0.39, 0.29) is 18.2 Å². The van der Waals surface area contributed by atoms with Crippen molar-refractivity contribution in [3.05, 3.63) is 77.4 Å². The molecule has 1 aliphatic rings. The van der Waals surface area contributed by atoms with Crippen molar-refractivity contribution in [2.24, 2.45) is 5.16 Å². The number of carbonyl (C=O) groups excluding carboxylic acids is 1. The summed E-state index contributed by atoms with van der Waals surface area (Å²) < 4.78 is 0. The van der Waals surface area contributed by atoms with Crippen LogP contribution >= 0.6 is 0 Å². The molecule has 1 heterocycles. The summed E-state index contributed by atoms with van der Waals surface area (Å²) in [6.07, 6.45) is 2.53. The number of nitrogens with zero attached hydrogens (tertiary/aromatic N) is 2. The highest BCUT2D eigenvalue weighted by Crippen LogP contribution is 2.44. The lowest BCUT2D eigenvalue weighted by molar-refractivity contribution is -0.119. The zero-order valence-electron chi connectivity index (χ0n) is 17.6. The Morgan fingerprint density at radius 3 is 2.52 bits per heavy atom. The molecule has 2 unspecified atom stereocenters. The number of anilines is 1. The van der Waals surface area contributed by atoms with Gasteiger partial charge in [0.05, 0.1) is 11.8 Å². The third-order valence-electron chi connectivity index (χ3n) is 5.00. The van der Waals surface area contributed by atoms with Crippen molar-refractivity contribution in [3.8, 4) is 0 Å². The van der Waals surface area contributed by atoms with Crippen molar-refractivity contribution >= 4 is 17.3 Å². The lowest BCUT2D eigenvalue weighted by atomic mass is 9.86. The first-order valence-electron chi connectivity index (χ1n) is 10.2. The van der Waals surface area contributed by atoms with Gasteiger partial charge >= 0.3 is 0 Å². The van der Waals surface area contributed by atoms with Crippen molar-refractivity contribution in [1.29, 1.82) is 0 Å². The molecular formula is C24H29N3O2. The quantitative estimate of drug-likeness (QED) is 0.232. The van der Waals surface area contributed by atoms with E-state index in [2.05, 4.69) is 22.6 Å². The average molecular weight is 392 g/mol. The molecule has 1 N–H and O–H groups in total. The number of carbonyl (C=O) groups is 1. The summed E-state index contributed by atoms with van der Waals surface area (Å²) >= 11 is 0. The zero-order chi connectivity index (χ0) is 20.8. The van der Waals surface area contributed by atoms with E-state index in [0.717, 1.165) is 35.4 Å². The van der Waals surface area contributed by atoms with Gasteiger partial charge in [0.2, 0.25) is 0 Å². The van der Waals surface area contributed by atoms with Crippen molar-refractivity contribution in [2.75, 3.05) is 11.4 Å². The molecule has 5 nitrogen and oxygen atoms in total. The van der Waals surface area contributed by atoms with Crippen LogP contribution in [-0.2, 0) is 9.63 Å². The monoisotopic (exact) mass is 391 g/mol. The number of β-lactam (4-membered cyclic amide) rings is 1. The molecule has 0 spiro atoms. The molecule has 1 fully saturated rings. The number of aryl methyl sites for hydroxylation is 1. The molecule has 2 atom stereocenters. The number of hydrogen-bond acceptors (Lipinski definition) is 4. The van der Waals surface area contributed by atoms with Gasteiger partial charge in [0.25, 0.3) is 5.91 Å². The maximum absolute atomic E-state index is 13.1. The molecular weight excluding hydrogens is 362 g/mol. The lowest BCUT2D eigenvalue weighted by Gasteiger charge is -2.43. The van der Waals surface area contributed by atoms with Gasteiger partial charge in [-0.1, -0.05) is 67.5 Å². The van der Waals surface area contributed by atoms with Crippen molar-refractivity contribution < 1.29 is 9.63 Å². The summed E-state index contributed by atoms with van der Waals surface area (Å²) in [5.41, 5.74) is 4.49. The smallest absolute Gasteiger partial charge is 0.257 e. The minimum absolute atomic E-state index is 0.00132. The number of allylic oxidation sites excluding steroid dienone is 1. The van der Waals surface area contributed by atoms with Crippen LogP contribution in [0, 0.1) is 6.92 Å². The zero-order valence-corrected chi connectivity index (χ0v) is 17.6. The average Bonchev–Trinajstić information content (AvgIpc) is 2.74. The Morgan fingerprint density at radius 1 is 1.17 bits per heavy atom. The van der Waals surface area contributed by atoms with Gasteiger partial charge in [0, 0.05) is 11.3 Å². The van der Waals surface area contributed by atoms with E-state index in [4.69, 9.17) is 4.84 Å². The van der Waals surface area contributed by atoms with E-state index in [1.807, 2.05) is 81.1 Å². The summed E-state index contributed by atoms with van der Waals surface area (Å²) in [5.74, 6) is 0.00132. The molecule has 2 aromatic carbocycles. The third-order valence-corrected chi connectivity index (χ3v) is 5.00. The summed E-state index contributed by atoms with van der Waals surface area (Å²) in [6, 6.07) is 17.9. The molecule has 0 bridgehead atoms. The fraction of sp³-hybridized carbons (Fsp3) is 0.333. The topological polar surface area (TPSA) is 53.9 Å². The first kappa shape index (κ1) is 20.8. The maximum Gasteiger partial charge on any atom is 0.257 e. The fourth-order valence-electron chi connectivity index (χ4n) is 3.52. The summed E-state index contributed by atoms with van der Waals surface area (Å²) in [4.78, 5) is 20.5. The van der Waals surface area contributed by atoms with Gasteiger partial charge in [-0.2, -0.15) is 0 Å². The minimum Gasteiger partial charge on any atom is -0.376 e. The van der Waals surface area contributed by atoms with Crippen LogP contribution in [0.2, 0.25) is 0 Å². The first-order chi connectivity index (χ1) is 14.1. The molecule has 5 heteroatoms. The van der Waals surface area contributed by atoms with Crippen LogP contribution in [0.15, 0.2) is 71.4 Å². The van der Waals surface area contributed by atoms with E-state index in [1.165, 1.54) is 0 Å². The first-order valence-corrected chi connectivity index (χ1v) is 10.2. The van der Waals surface area contributed by atoms with Gasteiger partial charge in [0.15, 0.2) is 6.23 Å². The number of amides is 1. The van der Waals surface area contributed by atoms with E-state index < -0.39 is 0 Å². The third kappa shape index (κ3) is 4.57. The number of rotatable bonds is 8. The summed E-state index contributed by atoms with van der Waals surface area (Å²) in [5, 5.41) is 7.44. The largest absolute Gasteiger partial charge is 0.376 e. The van der Waals surface area contributed by atoms with Crippen molar-refractivity contribution in [2.45, 2.75) is 46.4 Å².